The number of fused-ring (bicyclic) bond motifs is 1. The Hall–Kier alpha value is -0.340. The van der Waals surface area contributed by atoms with E-state index in [1.807, 2.05) is 0 Å². The van der Waals surface area contributed by atoms with E-state index in [1.54, 1.807) is 5.57 Å². The molecule has 0 aromatic carbocycles. The molecular weight excluding hydrogens is 198 g/mol. The zero-order chi connectivity index (χ0) is 11.3. The molecule has 2 heteroatoms. The van der Waals surface area contributed by atoms with E-state index in [2.05, 4.69) is 32.0 Å². The molecule has 16 heavy (non-hydrogen) atoms. The number of nitrogens with zero attached hydrogens (tertiary/aromatic N) is 1. The molecule has 0 aromatic rings. The fourth-order valence-electron chi connectivity index (χ4n) is 3.80. The van der Waals surface area contributed by atoms with Crippen LogP contribution in [-0.4, -0.2) is 36.7 Å². The van der Waals surface area contributed by atoms with E-state index in [9.17, 15) is 0 Å². The van der Waals surface area contributed by atoms with Gasteiger partial charge in [-0.1, -0.05) is 13.0 Å². The van der Waals surface area contributed by atoms with Gasteiger partial charge < -0.3 is 9.64 Å². The Labute approximate surface area is 98.6 Å². The SMILES string of the molecule is CC1C=C2CCC(N(C)C)CC23CCC1O3. The Morgan fingerprint density at radius 3 is 2.94 bits per heavy atom. The molecule has 4 unspecified atom stereocenters. The van der Waals surface area contributed by atoms with Crippen LogP contribution < -0.4 is 0 Å². The zero-order valence-corrected chi connectivity index (χ0v) is 10.7. The van der Waals surface area contributed by atoms with Gasteiger partial charge >= 0.3 is 0 Å². The zero-order valence-electron chi connectivity index (χ0n) is 10.7. The largest absolute Gasteiger partial charge is 0.367 e. The first-order chi connectivity index (χ1) is 7.61. The van der Waals surface area contributed by atoms with Crippen LogP contribution in [0.25, 0.3) is 0 Å². The summed E-state index contributed by atoms with van der Waals surface area (Å²) in [7, 11) is 4.40. The first-order valence-electron chi connectivity index (χ1n) is 6.66. The van der Waals surface area contributed by atoms with Crippen LogP contribution in [0.2, 0.25) is 0 Å². The highest BCUT2D eigenvalue weighted by Gasteiger charge is 2.50. The summed E-state index contributed by atoms with van der Waals surface area (Å²) in [6, 6.07) is 0.712. The quantitative estimate of drug-likeness (QED) is 0.631. The smallest absolute Gasteiger partial charge is 0.0911 e. The molecule has 0 amide bonds. The molecule has 1 aliphatic carbocycles. The molecule has 2 nitrogen and oxygen atoms in total. The minimum absolute atomic E-state index is 0.143. The van der Waals surface area contributed by atoms with Crippen molar-refractivity contribution in [2.24, 2.45) is 5.92 Å². The van der Waals surface area contributed by atoms with Gasteiger partial charge in [-0.05, 0) is 51.8 Å². The van der Waals surface area contributed by atoms with Gasteiger partial charge in [0, 0.05) is 12.0 Å². The lowest BCUT2D eigenvalue weighted by Gasteiger charge is -2.45. The summed E-state index contributed by atoms with van der Waals surface area (Å²) in [5, 5.41) is 0. The molecule has 1 saturated carbocycles. The third kappa shape index (κ3) is 1.46. The third-order valence-electron chi connectivity index (χ3n) is 4.89. The lowest BCUT2D eigenvalue weighted by atomic mass is 9.75. The van der Waals surface area contributed by atoms with Crippen LogP contribution >= 0.6 is 0 Å². The molecule has 2 bridgehead atoms. The van der Waals surface area contributed by atoms with Crippen molar-refractivity contribution in [1.82, 2.24) is 4.90 Å². The molecule has 3 rings (SSSR count). The third-order valence-corrected chi connectivity index (χ3v) is 4.89. The molecule has 0 aromatic heterocycles. The minimum Gasteiger partial charge on any atom is -0.367 e. The van der Waals surface area contributed by atoms with Crippen LogP contribution in [0.15, 0.2) is 11.6 Å². The Kier molecular flexibility index (Phi) is 2.41. The maximum atomic E-state index is 6.39. The van der Waals surface area contributed by atoms with Crippen molar-refractivity contribution in [1.29, 1.82) is 0 Å². The standard InChI is InChI=1S/C14H23NO/c1-10-8-11-4-5-12(15(2)3)9-14(11)7-6-13(10)16-14/h8,10,12-13H,4-7,9H2,1-3H3. The Balaban J connectivity index is 1.88. The van der Waals surface area contributed by atoms with Crippen molar-refractivity contribution in [2.45, 2.75) is 56.8 Å². The highest BCUT2D eigenvalue weighted by atomic mass is 16.5. The van der Waals surface area contributed by atoms with Gasteiger partial charge in [-0.15, -0.1) is 0 Å². The van der Waals surface area contributed by atoms with E-state index in [0.717, 1.165) is 0 Å². The van der Waals surface area contributed by atoms with Gasteiger partial charge in [-0.2, -0.15) is 0 Å². The van der Waals surface area contributed by atoms with Crippen LogP contribution in [0.5, 0.6) is 0 Å². The average molecular weight is 221 g/mol. The number of rotatable bonds is 1. The van der Waals surface area contributed by atoms with Gasteiger partial charge in [-0.3, -0.25) is 0 Å². The van der Waals surface area contributed by atoms with Crippen LogP contribution in [0, 0.1) is 5.92 Å². The lowest BCUT2D eigenvalue weighted by molar-refractivity contribution is -0.0685. The predicted octanol–water partition coefficient (Wildman–Crippen LogP) is 2.59. The van der Waals surface area contributed by atoms with Gasteiger partial charge in [0.15, 0.2) is 0 Å². The highest BCUT2D eigenvalue weighted by molar-refractivity contribution is 5.28. The molecule has 90 valence electrons. The van der Waals surface area contributed by atoms with Gasteiger partial charge in [-0.25, -0.2) is 0 Å². The van der Waals surface area contributed by atoms with Crippen molar-refractivity contribution < 1.29 is 4.74 Å². The first kappa shape index (κ1) is 10.8. The molecule has 2 aliphatic heterocycles. The van der Waals surface area contributed by atoms with Gasteiger partial charge in [0.25, 0.3) is 0 Å². The minimum atomic E-state index is 0.143. The number of ether oxygens (including phenoxy) is 1. The topological polar surface area (TPSA) is 12.5 Å². The van der Waals surface area contributed by atoms with Gasteiger partial charge in [0.1, 0.15) is 0 Å². The van der Waals surface area contributed by atoms with Gasteiger partial charge in [0.2, 0.25) is 0 Å². The second-order valence-electron chi connectivity index (χ2n) is 6.10. The van der Waals surface area contributed by atoms with Crippen LogP contribution in [-0.2, 0) is 4.74 Å². The van der Waals surface area contributed by atoms with E-state index in [0.29, 0.717) is 18.1 Å². The molecule has 0 radical (unpaired) electrons. The fraction of sp³-hybridized carbons (Fsp3) is 0.857. The fourth-order valence-corrected chi connectivity index (χ4v) is 3.80. The van der Waals surface area contributed by atoms with E-state index >= 15 is 0 Å². The second kappa shape index (κ2) is 3.58. The first-order valence-corrected chi connectivity index (χ1v) is 6.66. The van der Waals surface area contributed by atoms with Crippen LogP contribution in [0.1, 0.15) is 39.0 Å². The molecule has 0 N–H and O–H groups in total. The summed E-state index contributed by atoms with van der Waals surface area (Å²) in [5.41, 5.74) is 1.76. The molecule has 2 heterocycles. The van der Waals surface area contributed by atoms with Crippen molar-refractivity contribution >= 4 is 0 Å². The maximum absolute atomic E-state index is 6.39. The van der Waals surface area contributed by atoms with E-state index in [4.69, 9.17) is 4.74 Å². The number of hydrogen-bond acceptors (Lipinski definition) is 2. The van der Waals surface area contributed by atoms with E-state index in [1.165, 1.54) is 32.1 Å². The summed E-state index contributed by atoms with van der Waals surface area (Å²) in [5.74, 6) is 0.640. The van der Waals surface area contributed by atoms with E-state index < -0.39 is 0 Å². The van der Waals surface area contributed by atoms with Crippen molar-refractivity contribution in [2.75, 3.05) is 14.1 Å². The van der Waals surface area contributed by atoms with Crippen LogP contribution in [0.3, 0.4) is 0 Å². The summed E-state index contributed by atoms with van der Waals surface area (Å²) in [6.07, 6.45) is 9.33. The summed E-state index contributed by atoms with van der Waals surface area (Å²) in [4.78, 5) is 2.38. The van der Waals surface area contributed by atoms with Crippen molar-refractivity contribution in [3.8, 4) is 0 Å². The van der Waals surface area contributed by atoms with Crippen molar-refractivity contribution in [3.63, 3.8) is 0 Å². The Bertz CT molecular complexity index is 323. The molecule has 1 spiro atoms. The average Bonchev–Trinajstić information content (AvgIpc) is 2.61. The predicted molar refractivity (Wildman–Crippen MR) is 65.4 cm³/mol. The maximum Gasteiger partial charge on any atom is 0.0911 e. The van der Waals surface area contributed by atoms with E-state index in [-0.39, 0.29) is 5.60 Å². The summed E-state index contributed by atoms with van der Waals surface area (Å²) >= 11 is 0. The summed E-state index contributed by atoms with van der Waals surface area (Å²) in [6.45, 7) is 2.31. The lowest BCUT2D eigenvalue weighted by Crippen LogP contribution is -2.47. The van der Waals surface area contributed by atoms with Crippen molar-refractivity contribution in [3.05, 3.63) is 11.6 Å². The normalized spacial score (nSPS) is 46.8. The number of hydrogen-bond donors (Lipinski definition) is 0. The van der Waals surface area contributed by atoms with Crippen LogP contribution in [0.4, 0.5) is 0 Å². The highest BCUT2D eigenvalue weighted by Crippen LogP contribution is 2.51. The molecule has 2 fully saturated rings. The molecule has 3 aliphatic rings. The second-order valence-corrected chi connectivity index (χ2v) is 6.10. The Morgan fingerprint density at radius 2 is 2.19 bits per heavy atom. The molecule has 4 atom stereocenters. The Morgan fingerprint density at radius 1 is 1.38 bits per heavy atom. The summed E-state index contributed by atoms with van der Waals surface area (Å²) < 4.78 is 6.39. The molecule has 1 saturated heterocycles. The monoisotopic (exact) mass is 221 g/mol. The molecular formula is C14H23NO. The van der Waals surface area contributed by atoms with Gasteiger partial charge in [0.05, 0.1) is 11.7 Å².